The lowest BCUT2D eigenvalue weighted by Gasteiger charge is -2.17. The molecule has 0 aromatic heterocycles. The molecule has 5 heteroatoms. The van der Waals surface area contributed by atoms with Crippen LogP contribution in [0.1, 0.15) is 19.4 Å². The van der Waals surface area contributed by atoms with Crippen LogP contribution in [0.25, 0.3) is 6.08 Å². The van der Waals surface area contributed by atoms with E-state index < -0.39 is 4.92 Å². The average Bonchev–Trinajstić information content (AvgIpc) is 2.35. The Hall–Kier alpha value is -2.17. The Kier molecular flexibility index (Phi) is 5.23. The van der Waals surface area contributed by atoms with Gasteiger partial charge in [0.05, 0.1) is 4.92 Å². The summed E-state index contributed by atoms with van der Waals surface area (Å²) in [5, 5.41) is 10.5. The first-order valence-electron chi connectivity index (χ1n) is 6.07. The predicted molar refractivity (Wildman–Crippen MR) is 74.6 cm³/mol. The van der Waals surface area contributed by atoms with Crippen molar-refractivity contribution in [1.29, 1.82) is 0 Å². The van der Waals surface area contributed by atoms with Gasteiger partial charge in [-0.2, -0.15) is 0 Å². The topological polar surface area (TPSA) is 63.5 Å². The van der Waals surface area contributed by atoms with Gasteiger partial charge in [0.15, 0.2) is 0 Å². The van der Waals surface area contributed by atoms with Crippen molar-refractivity contribution in [1.82, 2.24) is 4.90 Å². The summed E-state index contributed by atoms with van der Waals surface area (Å²) in [6.45, 7) is 4.79. The summed E-state index contributed by atoms with van der Waals surface area (Å²) in [6, 6.07) is 6.07. The fraction of sp³-hybridized carbons (Fsp3) is 0.357. The van der Waals surface area contributed by atoms with Gasteiger partial charge in [0.2, 0.25) is 5.91 Å². The molecule has 0 radical (unpaired) electrons. The van der Waals surface area contributed by atoms with Gasteiger partial charge in [0.1, 0.15) is 0 Å². The molecule has 0 saturated carbocycles. The molecule has 0 heterocycles. The van der Waals surface area contributed by atoms with E-state index in [2.05, 4.69) is 0 Å². The van der Waals surface area contributed by atoms with Crippen LogP contribution in [0.4, 0.5) is 5.69 Å². The van der Waals surface area contributed by atoms with Gasteiger partial charge in [0, 0.05) is 31.8 Å². The molecule has 0 spiro atoms. The minimum atomic E-state index is -0.449. The second-order valence-electron chi connectivity index (χ2n) is 4.79. The molecule has 0 aliphatic rings. The first-order chi connectivity index (χ1) is 8.90. The molecule has 5 nitrogen and oxygen atoms in total. The molecule has 1 aromatic rings. The van der Waals surface area contributed by atoms with Gasteiger partial charge in [-0.25, -0.2) is 0 Å². The summed E-state index contributed by atoms with van der Waals surface area (Å²) in [4.78, 5) is 23.5. The van der Waals surface area contributed by atoms with Crippen LogP contribution in [0.5, 0.6) is 0 Å². The summed E-state index contributed by atoms with van der Waals surface area (Å²) in [5.74, 6) is 0.341. The van der Waals surface area contributed by atoms with Gasteiger partial charge in [-0.05, 0) is 29.7 Å². The highest BCUT2D eigenvalue weighted by atomic mass is 16.6. The van der Waals surface area contributed by atoms with Gasteiger partial charge < -0.3 is 4.90 Å². The number of likely N-dealkylation sites (N-methyl/N-ethyl adjacent to an activating group) is 1. The molecule has 19 heavy (non-hydrogen) atoms. The van der Waals surface area contributed by atoms with Gasteiger partial charge >= 0.3 is 0 Å². The number of nitro benzene ring substituents is 1. The van der Waals surface area contributed by atoms with Gasteiger partial charge in [0.25, 0.3) is 5.69 Å². The first kappa shape index (κ1) is 14.9. The molecule has 0 aliphatic heterocycles. The number of hydrogen-bond donors (Lipinski definition) is 0. The maximum absolute atomic E-state index is 11.8. The van der Waals surface area contributed by atoms with E-state index in [-0.39, 0.29) is 11.6 Å². The molecular weight excluding hydrogens is 244 g/mol. The Morgan fingerprint density at radius 1 is 1.37 bits per heavy atom. The van der Waals surface area contributed by atoms with Crippen LogP contribution in [-0.4, -0.2) is 29.3 Å². The quantitative estimate of drug-likeness (QED) is 0.465. The zero-order chi connectivity index (χ0) is 14.4. The molecular formula is C14H18N2O3. The molecule has 0 unspecified atom stereocenters. The number of benzene rings is 1. The number of nitro groups is 1. The maximum atomic E-state index is 11.8. The first-order valence-corrected chi connectivity index (χ1v) is 6.07. The van der Waals surface area contributed by atoms with Crippen molar-refractivity contribution < 1.29 is 9.72 Å². The highest BCUT2D eigenvalue weighted by Crippen LogP contribution is 2.12. The Labute approximate surface area is 112 Å². The van der Waals surface area contributed by atoms with Crippen molar-refractivity contribution >= 4 is 17.7 Å². The van der Waals surface area contributed by atoms with Crippen molar-refractivity contribution in [2.24, 2.45) is 5.92 Å². The van der Waals surface area contributed by atoms with Crippen molar-refractivity contribution in [2.75, 3.05) is 13.6 Å². The van der Waals surface area contributed by atoms with Gasteiger partial charge in [-0.15, -0.1) is 0 Å². The molecule has 0 aliphatic carbocycles. The third-order valence-electron chi connectivity index (χ3n) is 2.54. The minimum Gasteiger partial charge on any atom is -0.342 e. The molecule has 0 N–H and O–H groups in total. The molecule has 1 rings (SSSR count). The van der Waals surface area contributed by atoms with Gasteiger partial charge in [-0.1, -0.05) is 13.8 Å². The van der Waals surface area contributed by atoms with E-state index in [9.17, 15) is 14.9 Å². The number of non-ortho nitro benzene ring substituents is 1. The summed E-state index contributed by atoms with van der Waals surface area (Å²) < 4.78 is 0. The third kappa shape index (κ3) is 4.91. The summed E-state index contributed by atoms with van der Waals surface area (Å²) in [5.41, 5.74) is 0.803. The Balaban J connectivity index is 2.65. The molecule has 1 amide bonds. The number of carbonyl (C=O) groups excluding carboxylic acids is 1. The van der Waals surface area contributed by atoms with E-state index in [1.54, 1.807) is 30.2 Å². The highest BCUT2D eigenvalue weighted by molar-refractivity contribution is 5.91. The van der Waals surface area contributed by atoms with Crippen LogP contribution in [0.2, 0.25) is 0 Å². The van der Waals surface area contributed by atoms with Crippen LogP contribution in [0.3, 0.4) is 0 Å². The number of rotatable bonds is 5. The smallest absolute Gasteiger partial charge is 0.269 e. The van der Waals surface area contributed by atoms with Crippen LogP contribution in [0.15, 0.2) is 30.3 Å². The molecule has 0 saturated heterocycles. The lowest BCUT2D eigenvalue weighted by Crippen LogP contribution is -2.28. The lowest BCUT2D eigenvalue weighted by atomic mass is 10.2. The Morgan fingerprint density at radius 3 is 2.42 bits per heavy atom. The fourth-order valence-corrected chi connectivity index (χ4v) is 1.64. The van der Waals surface area contributed by atoms with Crippen LogP contribution in [0, 0.1) is 16.0 Å². The highest BCUT2D eigenvalue weighted by Gasteiger charge is 2.07. The average molecular weight is 262 g/mol. The number of hydrogen-bond acceptors (Lipinski definition) is 3. The normalized spacial score (nSPS) is 10.9. The standard InChI is InChI=1S/C14H18N2O3/c1-11(2)10-15(3)14(17)9-6-12-4-7-13(8-5-12)16(18)19/h4-9,11H,10H2,1-3H3/b9-6+. The zero-order valence-electron chi connectivity index (χ0n) is 11.4. The van der Waals surface area contributed by atoms with Crippen LogP contribution < -0.4 is 0 Å². The summed E-state index contributed by atoms with van der Waals surface area (Å²) in [7, 11) is 1.75. The Bertz CT molecular complexity index is 478. The molecule has 102 valence electrons. The van der Waals surface area contributed by atoms with Crippen molar-refractivity contribution in [3.05, 3.63) is 46.0 Å². The van der Waals surface area contributed by atoms with Crippen LogP contribution >= 0.6 is 0 Å². The maximum Gasteiger partial charge on any atom is 0.269 e. The largest absolute Gasteiger partial charge is 0.342 e. The molecule has 0 fully saturated rings. The van der Waals surface area contributed by atoms with Crippen molar-refractivity contribution in [3.63, 3.8) is 0 Å². The van der Waals surface area contributed by atoms with E-state index in [0.29, 0.717) is 12.5 Å². The Morgan fingerprint density at radius 2 is 1.95 bits per heavy atom. The van der Waals surface area contributed by atoms with E-state index in [4.69, 9.17) is 0 Å². The predicted octanol–water partition coefficient (Wildman–Crippen LogP) is 2.72. The van der Waals surface area contributed by atoms with E-state index in [1.165, 1.54) is 18.2 Å². The fourth-order valence-electron chi connectivity index (χ4n) is 1.64. The third-order valence-corrected chi connectivity index (χ3v) is 2.54. The van der Waals surface area contributed by atoms with E-state index in [1.807, 2.05) is 13.8 Å². The summed E-state index contributed by atoms with van der Waals surface area (Å²) in [6.07, 6.45) is 3.13. The second-order valence-corrected chi connectivity index (χ2v) is 4.79. The zero-order valence-corrected chi connectivity index (χ0v) is 11.4. The molecule has 1 aromatic carbocycles. The number of nitrogens with zero attached hydrogens (tertiary/aromatic N) is 2. The SMILES string of the molecule is CC(C)CN(C)C(=O)/C=C/c1ccc([N+](=O)[O-])cc1. The molecule has 0 bridgehead atoms. The summed E-state index contributed by atoms with van der Waals surface area (Å²) >= 11 is 0. The second kappa shape index (κ2) is 6.68. The molecule has 0 atom stereocenters. The van der Waals surface area contributed by atoms with Crippen molar-refractivity contribution in [2.45, 2.75) is 13.8 Å². The number of amides is 1. The minimum absolute atomic E-state index is 0.0420. The van der Waals surface area contributed by atoms with E-state index in [0.717, 1.165) is 5.56 Å². The monoisotopic (exact) mass is 262 g/mol. The van der Waals surface area contributed by atoms with Gasteiger partial charge in [-0.3, -0.25) is 14.9 Å². The van der Waals surface area contributed by atoms with Crippen molar-refractivity contribution in [3.8, 4) is 0 Å². The van der Waals surface area contributed by atoms with Crippen LogP contribution in [-0.2, 0) is 4.79 Å². The lowest BCUT2D eigenvalue weighted by molar-refractivity contribution is -0.384. The van der Waals surface area contributed by atoms with E-state index >= 15 is 0 Å². The number of carbonyl (C=O) groups is 1.